The Morgan fingerprint density at radius 2 is 1.23 bits per heavy atom. The number of carbonyl (C=O) groups excluding carboxylic acids is 1. The van der Waals surface area contributed by atoms with E-state index in [0.717, 1.165) is 29.8 Å². The summed E-state index contributed by atoms with van der Waals surface area (Å²) in [6, 6.07) is 27.2. The van der Waals surface area contributed by atoms with Gasteiger partial charge in [0, 0.05) is 44.8 Å². The molecule has 7 rings (SSSR count). The van der Waals surface area contributed by atoms with Crippen molar-refractivity contribution in [2.45, 2.75) is 78.4 Å². The summed E-state index contributed by atoms with van der Waals surface area (Å²) in [6.07, 6.45) is -0.506. The summed E-state index contributed by atoms with van der Waals surface area (Å²) in [6.45, 7) is 17.6. The quantitative estimate of drug-likeness (QED) is 0.164. The third-order valence-electron chi connectivity index (χ3n) is 10.6. The Kier molecular flexibility index (Phi) is 15.8. The number of nitrogen functional groups attached to an aromatic ring is 1. The number of nitrogens with zero attached hydrogens (tertiary/aromatic N) is 4. The number of pyridine rings is 2. The van der Waals surface area contributed by atoms with Crippen LogP contribution in [0.15, 0.2) is 89.5 Å². The number of nitrogens with two attached hydrogens (primary N) is 1. The molecule has 4 aromatic rings. The molecule has 5 heterocycles. The number of carbonyl (C=O) groups is 1. The lowest BCUT2D eigenvalue weighted by molar-refractivity contribution is 0.00578. The Morgan fingerprint density at radius 3 is 1.69 bits per heavy atom. The number of amides is 1. The zero-order valence-corrected chi connectivity index (χ0v) is 39.3. The highest BCUT2D eigenvalue weighted by atomic mass is 79.9. The molecular formula is C43H58BBrN6O8S2. The van der Waals surface area contributed by atoms with E-state index in [1.165, 1.54) is 11.1 Å². The van der Waals surface area contributed by atoms with Gasteiger partial charge in [-0.15, -0.1) is 0 Å². The molecule has 0 aliphatic carbocycles. The molecule has 3 aliphatic heterocycles. The molecule has 0 bridgehead atoms. The van der Waals surface area contributed by atoms with Gasteiger partial charge in [0.2, 0.25) is 0 Å². The van der Waals surface area contributed by atoms with Crippen molar-refractivity contribution in [1.82, 2.24) is 19.8 Å². The maximum absolute atomic E-state index is 11.5. The highest BCUT2D eigenvalue weighted by molar-refractivity contribution is 9.10. The van der Waals surface area contributed by atoms with E-state index in [9.17, 15) is 21.6 Å². The van der Waals surface area contributed by atoms with Crippen LogP contribution in [-0.4, -0.2) is 116 Å². The van der Waals surface area contributed by atoms with Gasteiger partial charge in [0.05, 0.1) is 39.9 Å². The van der Waals surface area contributed by atoms with Crippen LogP contribution >= 0.6 is 15.9 Å². The van der Waals surface area contributed by atoms with Crippen LogP contribution in [0, 0.1) is 0 Å². The van der Waals surface area contributed by atoms with Gasteiger partial charge in [-0.3, -0.25) is 15.1 Å². The van der Waals surface area contributed by atoms with Crippen LogP contribution in [-0.2, 0) is 46.8 Å². The van der Waals surface area contributed by atoms with Gasteiger partial charge in [-0.05, 0) is 105 Å². The van der Waals surface area contributed by atoms with E-state index in [-0.39, 0.29) is 41.3 Å². The van der Waals surface area contributed by atoms with Crippen LogP contribution in [0.2, 0.25) is 0 Å². The molecule has 2 aromatic carbocycles. The Labute approximate surface area is 370 Å². The standard InChI is InChI=1S/C17H26BNO4S.C16H19N3O2S.C10H13BrN2O2/c1-16(2)17(3,4)23-18(22-16)15-7-5-14(6-8-15)13-19-9-11-24(20,21)12-10-19;17-16-3-1-2-15(18-16)14-6-4-13(5-7-14)12-19-8-10-22(20,21)11-9-19;1-10(2,3)15-9(14)13-8-6-4-5-7(11)12-8/h5-8H,9-13H2,1-4H3;1-7H,8-12H2,(H2,17,18);4-6H,1-3H3,(H,12,13,14). The maximum atomic E-state index is 11.5. The molecule has 0 spiro atoms. The first-order valence-corrected chi connectivity index (χ1v) is 24.6. The van der Waals surface area contributed by atoms with Crippen molar-refractivity contribution in [1.29, 1.82) is 0 Å². The summed E-state index contributed by atoms with van der Waals surface area (Å²) >= 11 is 3.21. The lowest BCUT2D eigenvalue weighted by Crippen LogP contribution is -2.41. The van der Waals surface area contributed by atoms with Crippen LogP contribution in [0.5, 0.6) is 0 Å². The van der Waals surface area contributed by atoms with Crippen molar-refractivity contribution in [2.75, 3.05) is 60.2 Å². The van der Waals surface area contributed by atoms with Crippen molar-refractivity contribution in [2.24, 2.45) is 0 Å². The molecule has 61 heavy (non-hydrogen) atoms. The van der Waals surface area contributed by atoms with Gasteiger partial charge in [-0.25, -0.2) is 31.6 Å². The van der Waals surface area contributed by atoms with Crippen LogP contribution in [0.3, 0.4) is 0 Å². The number of rotatable bonds is 7. The van der Waals surface area contributed by atoms with E-state index in [0.29, 0.717) is 42.4 Å². The second-order valence-corrected chi connectivity index (χ2v) is 22.7. The summed E-state index contributed by atoms with van der Waals surface area (Å²) in [5, 5.41) is 2.54. The highest BCUT2D eigenvalue weighted by Gasteiger charge is 2.51. The molecule has 1 amide bonds. The normalized spacial score (nSPS) is 19.4. The van der Waals surface area contributed by atoms with Crippen molar-refractivity contribution in [3.8, 4) is 11.3 Å². The first-order chi connectivity index (χ1) is 28.5. The van der Waals surface area contributed by atoms with Crippen LogP contribution in [0.4, 0.5) is 16.4 Å². The van der Waals surface area contributed by atoms with Gasteiger partial charge in [0.1, 0.15) is 21.8 Å². The number of aromatic nitrogens is 2. The first kappa shape index (κ1) is 48.1. The minimum atomic E-state index is -2.82. The van der Waals surface area contributed by atoms with Gasteiger partial charge in [0.15, 0.2) is 19.7 Å². The summed E-state index contributed by atoms with van der Waals surface area (Å²) in [5.74, 6) is 2.02. The van der Waals surface area contributed by atoms with Gasteiger partial charge >= 0.3 is 13.2 Å². The smallest absolute Gasteiger partial charge is 0.444 e. The van der Waals surface area contributed by atoms with Gasteiger partial charge in [0.25, 0.3) is 0 Å². The average molecular weight is 942 g/mol. The average Bonchev–Trinajstić information content (AvgIpc) is 3.39. The van der Waals surface area contributed by atoms with Crippen molar-refractivity contribution >= 4 is 65.9 Å². The third kappa shape index (κ3) is 15.1. The van der Waals surface area contributed by atoms with E-state index in [1.807, 2.05) is 64.1 Å². The molecule has 14 nitrogen and oxygen atoms in total. The second-order valence-electron chi connectivity index (χ2n) is 17.3. The maximum Gasteiger partial charge on any atom is 0.494 e. The summed E-state index contributed by atoms with van der Waals surface area (Å²) in [4.78, 5) is 24.1. The number of hydrogen-bond donors (Lipinski definition) is 2. The molecule has 330 valence electrons. The van der Waals surface area contributed by atoms with E-state index in [1.54, 1.807) is 45.0 Å². The number of sulfone groups is 2. The van der Waals surface area contributed by atoms with E-state index >= 15 is 0 Å². The number of halogens is 1. The van der Waals surface area contributed by atoms with E-state index in [2.05, 4.69) is 65.3 Å². The van der Waals surface area contributed by atoms with Gasteiger partial charge < -0.3 is 19.8 Å². The van der Waals surface area contributed by atoms with Crippen molar-refractivity contribution in [3.63, 3.8) is 0 Å². The Morgan fingerprint density at radius 1 is 0.754 bits per heavy atom. The molecule has 0 radical (unpaired) electrons. The van der Waals surface area contributed by atoms with E-state index in [4.69, 9.17) is 19.8 Å². The fraction of sp³-hybridized carbons (Fsp3) is 0.465. The molecule has 0 atom stereocenters. The molecule has 3 N–H and O–H groups in total. The molecule has 0 saturated carbocycles. The Hall–Kier alpha value is -3.91. The number of benzene rings is 2. The van der Waals surface area contributed by atoms with Crippen LogP contribution in [0.1, 0.15) is 59.6 Å². The van der Waals surface area contributed by atoms with Gasteiger partial charge in [-0.2, -0.15) is 0 Å². The highest BCUT2D eigenvalue weighted by Crippen LogP contribution is 2.36. The Bertz CT molecular complexity index is 2280. The van der Waals surface area contributed by atoms with Crippen LogP contribution < -0.4 is 16.5 Å². The topological polar surface area (TPSA) is 183 Å². The third-order valence-corrected chi connectivity index (χ3v) is 14.2. The summed E-state index contributed by atoms with van der Waals surface area (Å²) in [7, 11) is -5.98. The predicted octanol–water partition coefficient (Wildman–Crippen LogP) is 5.97. The first-order valence-electron chi connectivity index (χ1n) is 20.2. The summed E-state index contributed by atoms with van der Waals surface area (Å²) in [5.41, 5.74) is 9.77. The minimum absolute atomic E-state index is 0.262. The molecule has 2 aromatic heterocycles. The zero-order valence-electron chi connectivity index (χ0n) is 36.1. The second kappa shape index (κ2) is 20.1. The zero-order chi connectivity index (χ0) is 44.6. The Balaban J connectivity index is 0.000000178. The summed E-state index contributed by atoms with van der Waals surface area (Å²) < 4.78 is 63.7. The molecule has 3 fully saturated rings. The molecule has 18 heteroatoms. The van der Waals surface area contributed by atoms with Crippen molar-refractivity contribution < 1.29 is 35.7 Å². The fourth-order valence-electron chi connectivity index (χ4n) is 6.37. The monoisotopic (exact) mass is 940 g/mol. The van der Waals surface area contributed by atoms with Crippen LogP contribution in [0.25, 0.3) is 11.3 Å². The largest absolute Gasteiger partial charge is 0.494 e. The predicted molar refractivity (Wildman–Crippen MR) is 246 cm³/mol. The number of hydrogen-bond acceptors (Lipinski definition) is 13. The molecule has 3 aliphatic rings. The number of ether oxygens (including phenoxy) is 1. The lowest BCUT2D eigenvalue weighted by atomic mass is 9.79. The lowest BCUT2D eigenvalue weighted by Gasteiger charge is -2.32. The number of nitrogens with one attached hydrogen (secondary N) is 1. The molecule has 0 unspecified atom stereocenters. The SMILES string of the molecule is CC(C)(C)OC(=O)Nc1cccc(Br)n1.CC1(C)OB(c2ccc(CN3CCS(=O)(=O)CC3)cc2)OC1(C)C.Nc1cccc(-c2ccc(CN3CCS(=O)(=O)CC3)cc2)n1. The fourth-order valence-corrected chi connectivity index (χ4v) is 9.27. The minimum Gasteiger partial charge on any atom is -0.444 e. The van der Waals surface area contributed by atoms with E-state index < -0.39 is 31.4 Å². The number of anilines is 2. The van der Waals surface area contributed by atoms with Gasteiger partial charge in [-0.1, -0.05) is 60.7 Å². The molecular weight excluding hydrogens is 883 g/mol. The van der Waals surface area contributed by atoms with Crippen molar-refractivity contribution in [3.05, 3.63) is 101 Å². The molecule has 3 saturated heterocycles.